The molecule has 1 saturated carbocycles. The fourth-order valence-electron chi connectivity index (χ4n) is 6.54. The molecule has 6 rings (SSSR count). The van der Waals surface area contributed by atoms with E-state index >= 15 is 0 Å². The first-order valence-electron chi connectivity index (χ1n) is 13.7. The molecule has 0 bridgehead atoms. The van der Waals surface area contributed by atoms with E-state index in [1.807, 2.05) is 26.0 Å². The Balaban J connectivity index is 0.000000599. The monoisotopic (exact) mass is 523 g/mol. The average Bonchev–Trinajstić information content (AvgIpc) is 3.19. The lowest BCUT2D eigenvalue weighted by atomic mass is 9.69. The van der Waals surface area contributed by atoms with Crippen molar-refractivity contribution in [3.05, 3.63) is 68.7 Å². The lowest BCUT2D eigenvalue weighted by Gasteiger charge is -2.34. The van der Waals surface area contributed by atoms with Gasteiger partial charge in [-0.3, -0.25) is 14.2 Å². The Hall–Kier alpha value is -2.70. The van der Waals surface area contributed by atoms with Gasteiger partial charge in [-0.1, -0.05) is 69.8 Å². The molecule has 1 aromatic heterocycles. The van der Waals surface area contributed by atoms with Crippen molar-refractivity contribution in [3.8, 4) is 5.69 Å². The van der Waals surface area contributed by atoms with E-state index in [1.165, 1.54) is 62.0 Å². The summed E-state index contributed by atoms with van der Waals surface area (Å²) in [5.74, 6) is 1.53. The molecule has 3 aromatic rings. The van der Waals surface area contributed by atoms with Crippen molar-refractivity contribution in [3.63, 3.8) is 0 Å². The maximum absolute atomic E-state index is 13.1. The molecule has 3 heterocycles. The summed E-state index contributed by atoms with van der Waals surface area (Å²) in [6.45, 7) is 9.48. The first-order chi connectivity index (χ1) is 18.0. The minimum atomic E-state index is -0.250. The second-order valence-corrected chi connectivity index (χ2v) is 10.4. The topological polar surface area (TPSA) is 75.4 Å². The third-order valence-electron chi connectivity index (χ3n) is 8.29. The van der Waals surface area contributed by atoms with E-state index in [0.717, 1.165) is 30.7 Å². The molecule has 0 radical (unpaired) electrons. The van der Waals surface area contributed by atoms with Crippen LogP contribution in [0.5, 0.6) is 0 Å². The van der Waals surface area contributed by atoms with Crippen molar-refractivity contribution in [1.29, 1.82) is 0 Å². The van der Waals surface area contributed by atoms with Gasteiger partial charge in [0.25, 0.3) is 12.0 Å². The quantitative estimate of drug-likeness (QED) is 0.386. The molecule has 37 heavy (non-hydrogen) atoms. The number of likely N-dealkylation sites (tertiary alicyclic amines) is 1. The third kappa shape index (κ3) is 4.82. The molecular formula is C30H38ClN3O3. The van der Waals surface area contributed by atoms with Crippen LogP contribution < -0.4 is 5.56 Å². The van der Waals surface area contributed by atoms with Gasteiger partial charge in [0.1, 0.15) is 5.82 Å². The summed E-state index contributed by atoms with van der Waals surface area (Å²) in [7, 11) is 0. The minimum Gasteiger partial charge on any atom is -0.483 e. The van der Waals surface area contributed by atoms with Crippen LogP contribution >= 0.6 is 11.6 Å². The second kappa shape index (κ2) is 11.8. The van der Waals surface area contributed by atoms with Crippen molar-refractivity contribution < 1.29 is 9.90 Å². The summed E-state index contributed by atoms with van der Waals surface area (Å²) in [5.41, 5.74) is 4.55. The van der Waals surface area contributed by atoms with Crippen LogP contribution in [0.4, 0.5) is 0 Å². The van der Waals surface area contributed by atoms with E-state index < -0.39 is 0 Å². The number of carboxylic acid groups (broad SMARTS) is 1. The van der Waals surface area contributed by atoms with Crippen LogP contribution in [0, 0.1) is 0 Å². The highest BCUT2D eigenvalue weighted by Crippen LogP contribution is 2.52. The van der Waals surface area contributed by atoms with Crippen molar-refractivity contribution in [2.45, 2.75) is 77.0 Å². The van der Waals surface area contributed by atoms with E-state index in [4.69, 9.17) is 26.5 Å². The molecule has 3 aliphatic rings. The summed E-state index contributed by atoms with van der Waals surface area (Å²) < 4.78 is 2.27. The molecule has 1 saturated heterocycles. The fraction of sp³-hybridized carbons (Fsp3) is 0.500. The van der Waals surface area contributed by atoms with E-state index in [9.17, 15) is 4.79 Å². The zero-order chi connectivity index (χ0) is 26.6. The number of hydrogen-bond acceptors (Lipinski definition) is 4. The Labute approximate surface area is 224 Å². The van der Waals surface area contributed by atoms with Crippen LogP contribution in [0.25, 0.3) is 16.6 Å². The van der Waals surface area contributed by atoms with Crippen molar-refractivity contribution in [2.75, 3.05) is 19.6 Å². The SMILES string of the molecule is CC.CCN1CCC(c2ccc3c(c2)-n2c(nc(=O)c4c(Cl)cccc42)C32CCCCC2)CC1.O=CO. The van der Waals surface area contributed by atoms with Crippen molar-refractivity contribution in [1.82, 2.24) is 14.5 Å². The maximum atomic E-state index is 13.1. The summed E-state index contributed by atoms with van der Waals surface area (Å²) in [6.07, 6.45) is 8.16. The van der Waals surface area contributed by atoms with Crippen molar-refractivity contribution in [2.24, 2.45) is 0 Å². The van der Waals surface area contributed by atoms with Gasteiger partial charge in [0.2, 0.25) is 0 Å². The van der Waals surface area contributed by atoms with Crippen LogP contribution in [0.15, 0.2) is 41.2 Å². The van der Waals surface area contributed by atoms with Gasteiger partial charge in [-0.2, -0.15) is 4.98 Å². The number of aromatic nitrogens is 2. The normalized spacial score (nSPS) is 18.3. The second-order valence-electron chi connectivity index (χ2n) is 9.94. The Morgan fingerprint density at radius 1 is 1.11 bits per heavy atom. The molecule has 198 valence electrons. The van der Waals surface area contributed by atoms with Gasteiger partial charge in [-0.05, 0) is 80.6 Å². The number of halogens is 1. The molecule has 7 heteroatoms. The summed E-state index contributed by atoms with van der Waals surface area (Å²) >= 11 is 6.49. The van der Waals surface area contributed by atoms with Gasteiger partial charge in [0.05, 0.1) is 27.0 Å². The number of carbonyl (C=O) groups is 1. The Bertz CT molecular complexity index is 1310. The summed E-state index contributed by atoms with van der Waals surface area (Å²) in [5, 5.41) is 7.92. The molecule has 0 unspecified atom stereocenters. The van der Waals surface area contributed by atoms with Crippen LogP contribution in [0.3, 0.4) is 0 Å². The number of fused-ring (bicyclic) bond motifs is 7. The maximum Gasteiger partial charge on any atom is 0.290 e. The average molecular weight is 524 g/mol. The van der Waals surface area contributed by atoms with Crippen LogP contribution in [0.1, 0.15) is 88.6 Å². The van der Waals surface area contributed by atoms with Crippen LogP contribution in [0.2, 0.25) is 5.02 Å². The van der Waals surface area contributed by atoms with Gasteiger partial charge in [0.15, 0.2) is 0 Å². The number of rotatable bonds is 2. The van der Waals surface area contributed by atoms with E-state index in [2.05, 4.69) is 34.6 Å². The molecule has 2 fully saturated rings. The Morgan fingerprint density at radius 2 is 1.78 bits per heavy atom. The van der Waals surface area contributed by atoms with Gasteiger partial charge in [-0.25, -0.2) is 0 Å². The van der Waals surface area contributed by atoms with Crippen molar-refractivity contribution >= 4 is 29.0 Å². The van der Waals surface area contributed by atoms with Crippen LogP contribution in [-0.2, 0) is 10.2 Å². The highest BCUT2D eigenvalue weighted by atomic mass is 35.5. The molecule has 1 aliphatic carbocycles. The van der Waals surface area contributed by atoms with Gasteiger partial charge in [0, 0.05) is 0 Å². The minimum absolute atomic E-state index is 0.145. The zero-order valence-corrected chi connectivity index (χ0v) is 22.9. The predicted molar refractivity (Wildman–Crippen MR) is 150 cm³/mol. The smallest absolute Gasteiger partial charge is 0.290 e. The number of nitrogens with zero attached hydrogens (tertiary/aromatic N) is 3. The van der Waals surface area contributed by atoms with Crippen LogP contribution in [-0.4, -0.2) is 45.7 Å². The van der Waals surface area contributed by atoms with Gasteiger partial charge in [-0.15, -0.1) is 0 Å². The molecule has 6 nitrogen and oxygen atoms in total. The molecule has 2 aliphatic heterocycles. The summed E-state index contributed by atoms with van der Waals surface area (Å²) in [6, 6.07) is 12.9. The van der Waals surface area contributed by atoms with Gasteiger partial charge >= 0.3 is 0 Å². The summed E-state index contributed by atoms with van der Waals surface area (Å²) in [4.78, 5) is 28.7. The standard InChI is InChI=1S/C27H30ClN3O.C2H6.CH2O2/c1-2-30-15-11-18(12-16-30)19-9-10-20-23(17-19)31-22-8-6-7-21(28)24(22)25(32)29-26(31)27(20)13-4-3-5-14-27;1-2;2-1-3/h6-10,17-18H,2-5,11-16H2,1H3;1-2H3;1H,(H,2,3). The molecular weight excluding hydrogens is 486 g/mol. The van der Waals surface area contributed by atoms with E-state index in [1.54, 1.807) is 6.07 Å². The zero-order valence-electron chi connectivity index (χ0n) is 22.2. The molecule has 0 atom stereocenters. The van der Waals surface area contributed by atoms with E-state index in [0.29, 0.717) is 16.3 Å². The first-order valence-corrected chi connectivity index (χ1v) is 14.1. The number of piperidine rings is 1. The first kappa shape index (κ1) is 27.3. The Kier molecular flexibility index (Phi) is 8.71. The third-order valence-corrected chi connectivity index (χ3v) is 8.60. The lowest BCUT2D eigenvalue weighted by Crippen LogP contribution is -2.32. The fourth-order valence-corrected chi connectivity index (χ4v) is 6.79. The predicted octanol–water partition coefficient (Wildman–Crippen LogP) is 6.53. The highest BCUT2D eigenvalue weighted by Gasteiger charge is 2.46. The molecule has 2 aromatic carbocycles. The highest BCUT2D eigenvalue weighted by molar-refractivity contribution is 6.35. The Morgan fingerprint density at radius 3 is 2.43 bits per heavy atom. The number of benzene rings is 2. The lowest BCUT2D eigenvalue weighted by molar-refractivity contribution is -0.122. The molecule has 1 spiro atoms. The molecule has 1 N–H and O–H groups in total. The largest absolute Gasteiger partial charge is 0.483 e. The number of hydrogen-bond donors (Lipinski definition) is 1. The molecule has 0 amide bonds. The van der Waals surface area contributed by atoms with E-state index in [-0.39, 0.29) is 17.4 Å². The van der Waals surface area contributed by atoms with Gasteiger partial charge < -0.3 is 10.0 Å².